The second kappa shape index (κ2) is 10.9. The molecule has 0 bridgehead atoms. The minimum Gasteiger partial charge on any atom is -0.339 e. The van der Waals surface area contributed by atoms with E-state index in [0.29, 0.717) is 24.3 Å². The highest BCUT2D eigenvalue weighted by Gasteiger charge is 2.30. The van der Waals surface area contributed by atoms with Gasteiger partial charge in [-0.05, 0) is 50.1 Å². The molecule has 0 aromatic heterocycles. The van der Waals surface area contributed by atoms with Crippen LogP contribution in [-0.4, -0.2) is 44.3 Å². The van der Waals surface area contributed by atoms with E-state index in [0.717, 1.165) is 12.1 Å². The first-order chi connectivity index (χ1) is 15.0. The van der Waals surface area contributed by atoms with E-state index in [4.69, 9.17) is 11.6 Å². The van der Waals surface area contributed by atoms with E-state index in [1.165, 1.54) is 30.3 Å². The van der Waals surface area contributed by atoms with Crippen LogP contribution in [0.1, 0.15) is 38.1 Å². The predicted octanol–water partition coefficient (Wildman–Crippen LogP) is 3.90. The van der Waals surface area contributed by atoms with Gasteiger partial charge in [0.05, 0.1) is 10.6 Å². The van der Waals surface area contributed by atoms with Crippen molar-refractivity contribution in [1.29, 1.82) is 0 Å². The summed E-state index contributed by atoms with van der Waals surface area (Å²) in [6, 6.07) is 8.20. The molecule has 10 heteroatoms. The highest BCUT2D eigenvalue weighted by Crippen LogP contribution is 2.23. The molecule has 0 heterocycles. The fourth-order valence-corrected chi connectivity index (χ4v) is 4.74. The van der Waals surface area contributed by atoms with Crippen LogP contribution in [-0.2, 0) is 14.8 Å². The van der Waals surface area contributed by atoms with Gasteiger partial charge in [0.25, 0.3) is 5.91 Å². The van der Waals surface area contributed by atoms with Gasteiger partial charge in [0, 0.05) is 18.8 Å². The second-order valence-corrected chi connectivity index (χ2v) is 9.52. The third-order valence-electron chi connectivity index (χ3n) is 4.88. The van der Waals surface area contributed by atoms with Crippen molar-refractivity contribution in [1.82, 2.24) is 9.62 Å². The first kappa shape index (κ1) is 25.8. The van der Waals surface area contributed by atoms with Crippen molar-refractivity contribution in [3.05, 3.63) is 58.9 Å². The number of benzene rings is 2. The van der Waals surface area contributed by atoms with Crippen LogP contribution in [0.2, 0.25) is 5.02 Å². The summed E-state index contributed by atoms with van der Waals surface area (Å²) in [6.07, 6.45) is 0. The second-order valence-electron chi connectivity index (χ2n) is 7.43. The van der Waals surface area contributed by atoms with Crippen molar-refractivity contribution in [2.24, 2.45) is 5.92 Å². The first-order valence-electron chi connectivity index (χ1n) is 10.2. The summed E-state index contributed by atoms with van der Waals surface area (Å²) in [4.78, 5) is 26.4. The summed E-state index contributed by atoms with van der Waals surface area (Å²) in [5.74, 6) is -2.21. The Morgan fingerprint density at radius 2 is 1.72 bits per heavy atom. The Balaban J connectivity index is 2.22. The third-order valence-corrected chi connectivity index (χ3v) is 6.66. The van der Waals surface area contributed by atoms with Gasteiger partial charge in [-0.15, -0.1) is 0 Å². The Hall–Kier alpha value is -2.49. The third kappa shape index (κ3) is 6.05. The average molecular weight is 484 g/mol. The monoisotopic (exact) mass is 483 g/mol. The van der Waals surface area contributed by atoms with E-state index in [-0.39, 0.29) is 10.9 Å². The molecule has 0 aliphatic carbocycles. The van der Waals surface area contributed by atoms with Crippen molar-refractivity contribution in [3.63, 3.8) is 0 Å². The van der Waals surface area contributed by atoms with Crippen LogP contribution in [0.3, 0.4) is 0 Å². The van der Waals surface area contributed by atoms with Crippen LogP contribution in [0.15, 0.2) is 47.4 Å². The fraction of sp³-hybridized carbons (Fsp3) is 0.364. The Labute approximate surface area is 193 Å². The Kier molecular flexibility index (Phi) is 8.77. The Morgan fingerprint density at radius 3 is 2.25 bits per heavy atom. The summed E-state index contributed by atoms with van der Waals surface area (Å²) in [5, 5.41) is 2.77. The predicted molar refractivity (Wildman–Crippen MR) is 123 cm³/mol. The molecule has 0 radical (unpaired) electrons. The quantitative estimate of drug-likeness (QED) is 0.565. The van der Waals surface area contributed by atoms with Gasteiger partial charge in [-0.1, -0.05) is 37.6 Å². The molecule has 174 valence electrons. The summed E-state index contributed by atoms with van der Waals surface area (Å²) in [5.41, 5.74) is 0.598. The van der Waals surface area contributed by atoms with Crippen LogP contribution >= 0.6 is 11.6 Å². The smallest absolute Gasteiger partial charge is 0.255 e. The number of amides is 2. The van der Waals surface area contributed by atoms with E-state index in [9.17, 15) is 22.4 Å². The van der Waals surface area contributed by atoms with E-state index < -0.39 is 38.6 Å². The lowest BCUT2D eigenvalue weighted by Gasteiger charge is -2.22. The molecule has 32 heavy (non-hydrogen) atoms. The Bertz CT molecular complexity index is 1090. The Morgan fingerprint density at radius 1 is 1.09 bits per heavy atom. The first-order valence-corrected chi connectivity index (χ1v) is 12.0. The molecule has 7 nitrogen and oxygen atoms in total. The lowest BCUT2D eigenvalue weighted by molar-refractivity contribution is -0.118. The molecule has 0 aliphatic rings. The zero-order chi connectivity index (χ0) is 24.1. The number of hydrogen-bond donors (Lipinski definition) is 2. The molecule has 0 aliphatic heterocycles. The van der Waals surface area contributed by atoms with Crippen molar-refractivity contribution < 1.29 is 22.4 Å². The number of nitrogens with one attached hydrogen (secondary N) is 2. The minimum atomic E-state index is -4.28. The van der Waals surface area contributed by atoms with Crippen LogP contribution < -0.4 is 10.0 Å². The lowest BCUT2D eigenvalue weighted by atomic mass is 10.0. The number of anilines is 1. The van der Waals surface area contributed by atoms with E-state index in [2.05, 4.69) is 10.0 Å². The molecular weight excluding hydrogens is 457 g/mol. The fourth-order valence-electron chi connectivity index (χ4n) is 3.05. The van der Waals surface area contributed by atoms with E-state index in [1.807, 2.05) is 13.8 Å². The SMILES string of the molecule is CCN(CC)C(=O)c1ccc(NC(=O)[C@@H](NS(=O)(=O)c2ccccc2F)C(C)C)cc1Cl. The number of rotatable bonds is 9. The topological polar surface area (TPSA) is 95.6 Å². The van der Waals surface area contributed by atoms with Gasteiger partial charge in [0.2, 0.25) is 15.9 Å². The van der Waals surface area contributed by atoms with Crippen molar-refractivity contribution in [2.75, 3.05) is 18.4 Å². The van der Waals surface area contributed by atoms with E-state index >= 15 is 0 Å². The van der Waals surface area contributed by atoms with Crippen LogP contribution in [0, 0.1) is 11.7 Å². The number of nitrogens with zero attached hydrogens (tertiary/aromatic N) is 1. The van der Waals surface area contributed by atoms with Crippen molar-refractivity contribution >= 4 is 39.1 Å². The number of halogens is 2. The highest BCUT2D eigenvalue weighted by atomic mass is 35.5. The maximum atomic E-state index is 14.0. The molecule has 2 rings (SSSR count). The average Bonchev–Trinajstić information content (AvgIpc) is 2.72. The summed E-state index contributed by atoms with van der Waals surface area (Å²) in [6.45, 7) is 8.10. The molecule has 2 aromatic carbocycles. The van der Waals surface area contributed by atoms with Crippen molar-refractivity contribution in [2.45, 2.75) is 38.6 Å². The van der Waals surface area contributed by atoms with Crippen LogP contribution in [0.5, 0.6) is 0 Å². The maximum Gasteiger partial charge on any atom is 0.255 e. The molecular formula is C22H27ClFN3O4S. The standard InChI is InChI=1S/C22H27ClFN3O4S/c1-5-27(6-2)22(29)16-12-11-15(13-17(16)23)25-21(28)20(14(3)4)26-32(30,31)19-10-8-7-9-18(19)24/h7-14,20,26H,5-6H2,1-4H3,(H,25,28)/t20-/m0/s1. The van der Waals surface area contributed by atoms with Crippen LogP contribution in [0.25, 0.3) is 0 Å². The summed E-state index contributed by atoms with van der Waals surface area (Å²) >= 11 is 6.26. The minimum absolute atomic E-state index is 0.160. The largest absolute Gasteiger partial charge is 0.339 e. The molecule has 2 N–H and O–H groups in total. The zero-order valence-electron chi connectivity index (χ0n) is 18.4. The molecule has 0 saturated heterocycles. The maximum absolute atomic E-state index is 14.0. The van der Waals surface area contributed by atoms with Gasteiger partial charge in [-0.2, -0.15) is 4.72 Å². The van der Waals surface area contributed by atoms with E-state index in [1.54, 1.807) is 18.7 Å². The number of carbonyl (C=O) groups is 2. The summed E-state index contributed by atoms with van der Waals surface area (Å²) < 4.78 is 41.5. The molecule has 2 aromatic rings. The van der Waals surface area contributed by atoms with Gasteiger partial charge in [0.15, 0.2) is 0 Å². The normalized spacial score (nSPS) is 12.5. The lowest BCUT2D eigenvalue weighted by Crippen LogP contribution is -2.47. The molecule has 0 saturated carbocycles. The van der Waals surface area contributed by atoms with Gasteiger partial charge >= 0.3 is 0 Å². The molecule has 0 unspecified atom stereocenters. The number of sulfonamides is 1. The summed E-state index contributed by atoms with van der Waals surface area (Å²) in [7, 11) is -4.28. The molecule has 2 amide bonds. The van der Waals surface area contributed by atoms with Gasteiger partial charge in [0.1, 0.15) is 16.8 Å². The highest BCUT2D eigenvalue weighted by molar-refractivity contribution is 7.89. The van der Waals surface area contributed by atoms with Crippen LogP contribution in [0.4, 0.5) is 10.1 Å². The van der Waals surface area contributed by atoms with Gasteiger partial charge in [-0.25, -0.2) is 12.8 Å². The van der Waals surface area contributed by atoms with Gasteiger partial charge in [-0.3, -0.25) is 9.59 Å². The zero-order valence-corrected chi connectivity index (χ0v) is 19.9. The molecule has 0 spiro atoms. The number of hydrogen-bond acceptors (Lipinski definition) is 4. The number of carbonyl (C=O) groups excluding carboxylic acids is 2. The van der Waals surface area contributed by atoms with Crippen molar-refractivity contribution in [3.8, 4) is 0 Å². The van der Waals surface area contributed by atoms with Gasteiger partial charge < -0.3 is 10.2 Å². The molecule has 1 atom stereocenters. The molecule has 0 fully saturated rings.